The summed E-state index contributed by atoms with van der Waals surface area (Å²) in [4.78, 5) is 1.40. The molecule has 1 aliphatic carbocycles. The van der Waals surface area contributed by atoms with Crippen LogP contribution in [0, 0.1) is 5.41 Å². The van der Waals surface area contributed by atoms with Crippen LogP contribution in [-0.4, -0.2) is 9.67 Å². The van der Waals surface area contributed by atoms with Crippen LogP contribution in [0.2, 0.25) is 0 Å². The molecule has 1 atom stereocenters. The van der Waals surface area contributed by atoms with Crippen LogP contribution in [0.5, 0.6) is 0 Å². The molecular weight excluding hydrogens is 334 g/mol. The fourth-order valence-corrected chi connectivity index (χ4v) is 4.59. The fraction of sp³-hybridized carbons (Fsp3) is 0.500. The third-order valence-electron chi connectivity index (χ3n) is 4.09. The lowest BCUT2D eigenvalue weighted by Crippen LogP contribution is -2.26. The van der Waals surface area contributed by atoms with Crippen molar-refractivity contribution >= 4 is 27.3 Å². The number of thiophene rings is 1. The summed E-state index contributed by atoms with van der Waals surface area (Å²) in [5.74, 6) is 0. The van der Waals surface area contributed by atoms with Gasteiger partial charge in [-0.05, 0) is 58.8 Å². The fourth-order valence-electron chi connectivity index (χ4n) is 3.11. The Morgan fingerprint density at radius 2 is 2.20 bits per heavy atom. The molecule has 0 amide bonds. The van der Waals surface area contributed by atoms with Gasteiger partial charge in [0.2, 0.25) is 0 Å². The van der Waals surface area contributed by atoms with E-state index in [0.717, 1.165) is 31.4 Å². The van der Waals surface area contributed by atoms with E-state index in [0.29, 0.717) is 0 Å². The van der Waals surface area contributed by atoms with Gasteiger partial charge in [0.05, 0.1) is 9.89 Å². The summed E-state index contributed by atoms with van der Waals surface area (Å²) >= 11 is 5.31. The van der Waals surface area contributed by atoms with E-state index in [1.807, 2.05) is 0 Å². The Hall–Kier alpha value is -0.580. The summed E-state index contributed by atoms with van der Waals surface area (Å²) in [5.41, 5.74) is 2.65. The highest BCUT2D eigenvalue weighted by atomic mass is 79.9. The van der Waals surface area contributed by atoms with Crippen molar-refractivity contribution in [3.8, 4) is 0 Å². The second-order valence-electron chi connectivity index (χ2n) is 6.43. The average Bonchev–Trinajstić information content (AvgIpc) is 2.92. The van der Waals surface area contributed by atoms with Crippen molar-refractivity contribution in [2.75, 3.05) is 0 Å². The van der Waals surface area contributed by atoms with Crippen molar-refractivity contribution in [1.29, 1.82) is 0 Å². The van der Waals surface area contributed by atoms with Crippen molar-refractivity contribution in [1.82, 2.24) is 4.57 Å². The Balaban J connectivity index is 1.78. The minimum atomic E-state index is -0.300. The molecule has 2 heterocycles. The Morgan fingerprint density at radius 3 is 2.90 bits per heavy atom. The van der Waals surface area contributed by atoms with Gasteiger partial charge < -0.3 is 9.67 Å². The zero-order valence-electron chi connectivity index (χ0n) is 11.9. The highest BCUT2D eigenvalue weighted by molar-refractivity contribution is 9.11. The van der Waals surface area contributed by atoms with Crippen LogP contribution in [0.25, 0.3) is 0 Å². The largest absolute Gasteiger partial charge is 0.388 e. The number of nitrogens with zero attached hydrogens (tertiary/aromatic N) is 1. The maximum Gasteiger partial charge on any atom is 0.0812 e. The van der Waals surface area contributed by atoms with Crippen molar-refractivity contribution in [3.63, 3.8) is 0 Å². The van der Waals surface area contributed by atoms with Gasteiger partial charge in [0.15, 0.2) is 0 Å². The lowest BCUT2D eigenvalue weighted by atomic mass is 9.75. The standard InChI is InChI=1S/C16H20BrNOS/c1-16(2)9-13-12(14(19)10-16)6-8-18(13)7-5-11-3-4-15(17)20-11/h3-4,6,8,14,19H,5,7,9-10H2,1-2H3. The molecule has 0 aromatic carbocycles. The number of aliphatic hydroxyl groups excluding tert-OH is 1. The lowest BCUT2D eigenvalue weighted by molar-refractivity contribution is 0.0979. The first-order valence-electron chi connectivity index (χ1n) is 7.05. The second kappa shape index (κ2) is 5.32. The number of aliphatic hydroxyl groups is 1. The van der Waals surface area contributed by atoms with E-state index in [1.54, 1.807) is 11.3 Å². The highest BCUT2D eigenvalue weighted by Gasteiger charge is 2.33. The molecule has 1 aliphatic rings. The van der Waals surface area contributed by atoms with E-state index < -0.39 is 0 Å². The van der Waals surface area contributed by atoms with Crippen molar-refractivity contribution in [3.05, 3.63) is 44.3 Å². The molecule has 2 aromatic rings. The van der Waals surface area contributed by atoms with Crippen LogP contribution in [-0.2, 0) is 19.4 Å². The van der Waals surface area contributed by atoms with Gasteiger partial charge in [0, 0.05) is 28.9 Å². The maximum absolute atomic E-state index is 10.3. The second-order valence-corrected chi connectivity index (χ2v) is 8.98. The van der Waals surface area contributed by atoms with E-state index in [-0.39, 0.29) is 11.5 Å². The highest BCUT2D eigenvalue weighted by Crippen LogP contribution is 2.41. The molecule has 0 bridgehead atoms. The van der Waals surface area contributed by atoms with Gasteiger partial charge >= 0.3 is 0 Å². The molecule has 0 aliphatic heterocycles. The SMILES string of the molecule is CC1(C)Cc2c(ccn2CCc2ccc(Br)s2)C(O)C1. The Kier molecular flexibility index (Phi) is 3.82. The van der Waals surface area contributed by atoms with Gasteiger partial charge in [-0.1, -0.05) is 13.8 Å². The Labute approximate surface area is 132 Å². The number of halogens is 1. The Bertz CT molecular complexity index is 614. The first-order chi connectivity index (χ1) is 9.44. The first-order valence-corrected chi connectivity index (χ1v) is 8.66. The summed E-state index contributed by atoms with van der Waals surface area (Å²) < 4.78 is 3.52. The summed E-state index contributed by atoms with van der Waals surface area (Å²) in [6, 6.07) is 6.39. The van der Waals surface area contributed by atoms with Gasteiger partial charge in [0.1, 0.15) is 0 Å². The van der Waals surface area contributed by atoms with E-state index in [4.69, 9.17) is 0 Å². The van der Waals surface area contributed by atoms with Gasteiger partial charge in [-0.25, -0.2) is 0 Å². The number of aryl methyl sites for hydroxylation is 2. The summed E-state index contributed by atoms with van der Waals surface area (Å²) in [6.45, 7) is 5.48. The first kappa shape index (κ1) is 14.4. The average molecular weight is 354 g/mol. The molecule has 0 radical (unpaired) electrons. The van der Waals surface area contributed by atoms with E-state index in [2.05, 4.69) is 58.7 Å². The van der Waals surface area contributed by atoms with Crippen LogP contribution < -0.4 is 0 Å². The number of hydrogen-bond donors (Lipinski definition) is 1. The minimum Gasteiger partial charge on any atom is -0.388 e. The zero-order valence-corrected chi connectivity index (χ0v) is 14.3. The van der Waals surface area contributed by atoms with Gasteiger partial charge in [-0.15, -0.1) is 11.3 Å². The summed E-state index contributed by atoms with van der Waals surface area (Å²) in [5, 5.41) is 10.3. The molecule has 4 heteroatoms. The molecule has 2 aromatic heterocycles. The number of rotatable bonds is 3. The maximum atomic E-state index is 10.3. The zero-order chi connectivity index (χ0) is 14.3. The monoisotopic (exact) mass is 353 g/mol. The van der Waals surface area contributed by atoms with Crippen LogP contribution in [0.4, 0.5) is 0 Å². The van der Waals surface area contributed by atoms with Crippen molar-refractivity contribution < 1.29 is 5.11 Å². The summed E-state index contributed by atoms with van der Waals surface area (Å²) in [7, 11) is 0. The smallest absolute Gasteiger partial charge is 0.0812 e. The lowest BCUT2D eigenvalue weighted by Gasteiger charge is -2.34. The van der Waals surface area contributed by atoms with Gasteiger partial charge in [-0.3, -0.25) is 0 Å². The van der Waals surface area contributed by atoms with E-state index in [1.165, 1.54) is 14.4 Å². The predicted octanol–water partition coefficient (Wildman–Crippen LogP) is 4.56. The molecule has 20 heavy (non-hydrogen) atoms. The van der Waals surface area contributed by atoms with Crippen molar-refractivity contribution in [2.24, 2.45) is 5.41 Å². The van der Waals surface area contributed by atoms with Crippen LogP contribution in [0.3, 0.4) is 0 Å². The normalized spacial score (nSPS) is 20.9. The molecule has 108 valence electrons. The van der Waals surface area contributed by atoms with Crippen molar-refractivity contribution in [2.45, 2.75) is 45.8 Å². The summed E-state index contributed by atoms with van der Waals surface area (Å²) in [6.07, 6.45) is 4.81. The number of aromatic nitrogens is 1. The molecule has 0 saturated heterocycles. The molecular formula is C16H20BrNOS. The topological polar surface area (TPSA) is 25.2 Å². The Morgan fingerprint density at radius 1 is 1.40 bits per heavy atom. The van der Waals surface area contributed by atoms with Gasteiger partial charge in [-0.2, -0.15) is 0 Å². The molecule has 2 nitrogen and oxygen atoms in total. The number of hydrogen-bond acceptors (Lipinski definition) is 2. The third-order valence-corrected chi connectivity index (χ3v) is 5.78. The van der Waals surface area contributed by atoms with Crippen LogP contribution in [0.1, 0.15) is 42.5 Å². The molecule has 0 saturated carbocycles. The third kappa shape index (κ3) is 2.87. The molecule has 3 rings (SSSR count). The quantitative estimate of drug-likeness (QED) is 0.859. The van der Waals surface area contributed by atoms with Crippen LogP contribution in [0.15, 0.2) is 28.2 Å². The van der Waals surface area contributed by atoms with E-state index in [9.17, 15) is 5.11 Å². The molecule has 0 spiro atoms. The number of fused-ring (bicyclic) bond motifs is 1. The van der Waals surface area contributed by atoms with Crippen LogP contribution >= 0.6 is 27.3 Å². The predicted molar refractivity (Wildman–Crippen MR) is 87.2 cm³/mol. The van der Waals surface area contributed by atoms with Gasteiger partial charge in [0.25, 0.3) is 0 Å². The molecule has 1 unspecified atom stereocenters. The molecule has 1 N–H and O–H groups in total. The minimum absolute atomic E-state index is 0.189. The molecule has 0 fully saturated rings. The van der Waals surface area contributed by atoms with E-state index >= 15 is 0 Å².